The molecule has 1 amide bonds. The number of hydrogen-bond donors (Lipinski definition) is 2. The van der Waals surface area contributed by atoms with E-state index in [0.29, 0.717) is 24.8 Å². The molecule has 3 N–H and O–H groups in total. The molecule has 1 heterocycles. The molecule has 4 aliphatic rings. The van der Waals surface area contributed by atoms with Gasteiger partial charge in [0.2, 0.25) is 5.92 Å². The highest BCUT2D eigenvalue weighted by molar-refractivity contribution is 8.03. The highest BCUT2D eigenvalue weighted by Gasteiger charge is 2.49. The van der Waals surface area contributed by atoms with E-state index in [4.69, 9.17) is 5.73 Å². The molecule has 3 aliphatic carbocycles. The predicted molar refractivity (Wildman–Crippen MR) is 97.6 cm³/mol. The van der Waals surface area contributed by atoms with E-state index in [1.807, 2.05) is 5.41 Å². The minimum Gasteiger partial charge on any atom is -0.367 e. The van der Waals surface area contributed by atoms with E-state index in [9.17, 15) is 13.6 Å². The van der Waals surface area contributed by atoms with Crippen LogP contribution in [0.3, 0.4) is 0 Å². The first-order valence-electron chi connectivity index (χ1n) is 8.99. The molecule has 0 aromatic heterocycles. The summed E-state index contributed by atoms with van der Waals surface area (Å²) in [5.41, 5.74) is 6.72. The van der Waals surface area contributed by atoms with Gasteiger partial charge in [0.1, 0.15) is 0 Å². The fourth-order valence-corrected chi connectivity index (χ4v) is 5.10. The molecule has 0 spiro atoms. The van der Waals surface area contributed by atoms with E-state index in [-0.39, 0.29) is 37.2 Å². The standard InChI is InChI=1S/C17H25F2N3OS.ClH/c18-17(19)5-3-11(4-6-17)22-14(9-24-16(22)15(20)23)12-7-13(12)21-8-10-1-2-10;/h9-13,16,21H,1-8H2,(H2,20,23);1H. The fourth-order valence-electron chi connectivity index (χ4n) is 3.97. The van der Waals surface area contributed by atoms with Crippen LogP contribution in [-0.4, -0.2) is 40.7 Å². The van der Waals surface area contributed by atoms with Gasteiger partial charge in [-0.3, -0.25) is 4.79 Å². The van der Waals surface area contributed by atoms with Crippen molar-refractivity contribution in [2.45, 2.75) is 68.3 Å². The first kappa shape index (κ1) is 19.2. The largest absolute Gasteiger partial charge is 0.367 e. The zero-order valence-electron chi connectivity index (χ0n) is 14.1. The van der Waals surface area contributed by atoms with Crippen LogP contribution in [-0.2, 0) is 4.79 Å². The third-order valence-corrected chi connectivity index (χ3v) is 6.82. The molecule has 3 unspecified atom stereocenters. The van der Waals surface area contributed by atoms with E-state index in [2.05, 4.69) is 10.2 Å². The SMILES string of the molecule is Cl.NC(=O)C1SC=C(C2CC2NCC2CC2)N1C1CCC(F)(F)CC1. The summed E-state index contributed by atoms with van der Waals surface area (Å²) in [6.07, 6.45) is 4.41. The Hall–Kier alpha value is -0.530. The van der Waals surface area contributed by atoms with Crippen LogP contribution in [0.15, 0.2) is 11.1 Å². The summed E-state index contributed by atoms with van der Waals surface area (Å²) in [4.78, 5) is 13.9. The van der Waals surface area contributed by atoms with E-state index in [1.165, 1.54) is 24.6 Å². The fraction of sp³-hybridized carbons (Fsp3) is 0.824. The van der Waals surface area contributed by atoms with Crippen LogP contribution >= 0.6 is 24.2 Å². The molecular formula is C17H26ClF2N3OS. The number of rotatable bonds is 6. The van der Waals surface area contributed by atoms with Gasteiger partial charge in [0.05, 0.1) is 0 Å². The van der Waals surface area contributed by atoms with Crippen molar-refractivity contribution in [2.75, 3.05) is 6.54 Å². The van der Waals surface area contributed by atoms with Crippen molar-refractivity contribution in [3.8, 4) is 0 Å². The van der Waals surface area contributed by atoms with Gasteiger partial charge >= 0.3 is 0 Å². The molecule has 4 rings (SSSR count). The number of alkyl halides is 2. The number of nitrogens with zero attached hydrogens (tertiary/aromatic N) is 1. The summed E-state index contributed by atoms with van der Waals surface area (Å²) in [5, 5.41) is 5.23. The van der Waals surface area contributed by atoms with Gasteiger partial charge in [0.25, 0.3) is 5.91 Å². The molecule has 25 heavy (non-hydrogen) atoms. The van der Waals surface area contributed by atoms with E-state index in [1.54, 1.807) is 0 Å². The third-order valence-electron chi connectivity index (χ3n) is 5.73. The first-order valence-corrected chi connectivity index (χ1v) is 9.93. The number of halogens is 3. The second kappa shape index (κ2) is 7.24. The molecule has 0 aromatic rings. The van der Waals surface area contributed by atoms with Crippen molar-refractivity contribution in [3.63, 3.8) is 0 Å². The second-order valence-electron chi connectivity index (χ2n) is 7.73. The molecule has 1 aliphatic heterocycles. The number of thioether (sulfide) groups is 1. The van der Waals surface area contributed by atoms with Crippen molar-refractivity contribution in [2.24, 2.45) is 17.6 Å². The van der Waals surface area contributed by atoms with Gasteiger partial charge in [-0.2, -0.15) is 0 Å². The minimum absolute atomic E-state index is 0. The summed E-state index contributed by atoms with van der Waals surface area (Å²) >= 11 is 1.44. The number of carbonyl (C=O) groups is 1. The number of hydrogen-bond acceptors (Lipinski definition) is 4. The summed E-state index contributed by atoms with van der Waals surface area (Å²) in [5.74, 6) is -1.67. The Balaban J connectivity index is 0.00000182. The van der Waals surface area contributed by atoms with Crippen LogP contribution < -0.4 is 11.1 Å². The molecule has 3 atom stereocenters. The van der Waals surface area contributed by atoms with Crippen molar-refractivity contribution in [3.05, 3.63) is 11.1 Å². The normalized spacial score (nSPS) is 34.4. The zero-order valence-corrected chi connectivity index (χ0v) is 15.8. The van der Waals surface area contributed by atoms with Crippen molar-refractivity contribution >= 4 is 30.1 Å². The Morgan fingerprint density at radius 3 is 2.60 bits per heavy atom. The number of amides is 1. The summed E-state index contributed by atoms with van der Waals surface area (Å²) in [7, 11) is 0. The molecule has 3 saturated carbocycles. The lowest BCUT2D eigenvalue weighted by atomic mass is 9.90. The Morgan fingerprint density at radius 1 is 1.32 bits per heavy atom. The highest BCUT2D eigenvalue weighted by atomic mass is 35.5. The summed E-state index contributed by atoms with van der Waals surface area (Å²) < 4.78 is 27.0. The van der Waals surface area contributed by atoms with Gasteiger partial charge in [0, 0.05) is 36.5 Å². The van der Waals surface area contributed by atoms with E-state index >= 15 is 0 Å². The van der Waals surface area contributed by atoms with Crippen LogP contribution in [0.1, 0.15) is 44.9 Å². The average Bonchev–Trinajstić information content (AvgIpc) is 3.43. The molecule has 3 fully saturated rings. The van der Waals surface area contributed by atoms with Gasteiger partial charge in [-0.15, -0.1) is 12.4 Å². The molecule has 0 radical (unpaired) electrons. The van der Waals surface area contributed by atoms with Gasteiger partial charge in [-0.05, 0) is 50.0 Å². The van der Waals surface area contributed by atoms with Crippen molar-refractivity contribution < 1.29 is 13.6 Å². The molecule has 142 valence electrons. The van der Waals surface area contributed by atoms with Crippen molar-refractivity contribution in [1.29, 1.82) is 0 Å². The van der Waals surface area contributed by atoms with E-state index < -0.39 is 11.3 Å². The van der Waals surface area contributed by atoms with Gasteiger partial charge in [-0.1, -0.05) is 11.8 Å². The molecular weight excluding hydrogens is 368 g/mol. The lowest BCUT2D eigenvalue weighted by Crippen LogP contribution is -2.48. The lowest BCUT2D eigenvalue weighted by Gasteiger charge is -2.39. The Morgan fingerprint density at radius 2 is 2.00 bits per heavy atom. The first-order chi connectivity index (χ1) is 11.4. The van der Waals surface area contributed by atoms with Gasteiger partial charge in [-0.25, -0.2) is 8.78 Å². The van der Waals surface area contributed by atoms with Gasteiger partial charge in [0.15, 0.2) is 5.37 Å². The molecule has 0 saturated heterocycles. The maximum absolute atomic E-state index is 13.5. The minimum atomic E-state index is -2.55. The number of primary amides is 1. The lowest BCUT2D eigenvalue weighted by molar-refractivity contribution is -0.121. The molecule has 4 nitrogen and oxygen atoms in total. The van der Waals surface area contributed by atoms with Crippen LogP contribution in [0.5, 0.6) is 0 Å². The smallest absolute Gasteiger partial charge is 0.250 e. The highest BCUT2D eigenvalue weighted by Crippen LogP contribution is 2.49. The number of nitrogens with two attached hydrogens (primary N) is 1. The third kappa shape index (κ3) is 4.25. The molecule has 0 aromatic carbocycles. The Bertz CT molecular complexity index is 548. The van der Waals surface area contributed by atoms with Crippen molar-refractivity contribution in [1.82, 2.24) is 10.2 Å². The van der Waals surface area contributed by atoms with Crippen LogP contribution in [0.4, 0.5) is 8.78 Å². The maximum Gasteiger partial charge on any atom is 0.250 e. The summed E-state index contributed by atoms with van der Waals surface area (Å²) in [6.45, 7) is 1.08. The monoisotopic (exact) mass is 393 g/mol. The topological polar surface area (TPSA) is 58.4 Å². The van der Waals surface area contributed by atoms with E-state index in [0.717, 1.165) is 24.6 Å². The maximum atomic E-state index is 13.5. The zero-order chi connectivity index (χ0) is 16.9. The predicted octanol–water partition coefficient (Wildman–Crippen LogP) is 3.08. The van der Waals surface area contributed by atoms with Crippen LogP contribution in [0, 0.1) is 11.8 Å². The average molecular weight is 394 g/mol. The molecule has 0 bridgehead atoms. The van der Waals surface area contributed by atoms with Crippen LogP contribution in [0.2, 0.25) is 0 Å². The Kier molecular flexibility index (Phi) is 5.57. The second-order valence-corrected chi connectivity index (χ2v) is 8.68. The Labute approximate surface area is 157 Å². The number of carbonyl (C=O) groups excluding carboxylic acids is 1. The van der Waals surface area contributed by atoms with Gasteiger partial charge < -0.3 is 16.0 Å². The molecule has 8 heteroatoms. The van der Waals surface area contributed by atoms with Crippen LogP contribution in [0.25, 0.3) is 0 Å². The number of nitrogens with one attached hydrogen (secondary N) is 1. The summed E-state index contributed by atoms with van der Waals surface area (Å²) in [6, 6.07) is 0.477. The quantitative estimate of drug-likeness (QED) is 0.728.